The highest BCUT2D eigenvalue weighted by Crippen LogP contribution is 2.21. The van der Waals surface area contributed by atoms with Crippen LogP contribution in [0.2, 0.25) is 0 Å². The Kier molecular flexibility index (Phi) is 5.36. The van der Waals surface area contributed by atoms with Crippen LogP contribution in [-0.4, -0.2) is 68.1 Å². The first-order valence-corrected chi connectivity index (χ1v) is 9.16. The SMILES string of the molecule is Cc1nc(C)n(C[C@H]2CCCN2CC(=O)N2CCCC[C@@H]2C(N)=O)n1. The van der Waals surface area contributed by atoms with E-state index in [1.54, 1.807) is 4.90 Å². The Hall–Kier alpha value is -1.96. The van der Waals surface area contributed by atoms with Gasteiger partial charge >= 0.3 is 0 Å². The summed E-state index contributed by atoms with van der Waals surface area (Å²) in [5, 5.41) is 4.43. The number of aryl methyl sites for hydroxylation is 2. The maximum Gasteiger partial charge on any atom is 0.240 e. The molecule has 3 heterocycles. The summed E-state index contributed by atoms with van der Waals surface area (Å²) in [5.41, 5.74) is 5.49. The van der Waals surface area contributed by atoms with Crippen molar-refractivity contribution in [2.45, 2.75) is 64.6 Å². The molecule has 2 N–H and O–H groups in total. The zero-order chi connectivity index (χ0) is 18.0. The molecule has 1 aromatic rings. The highest BCUT2D eigenvalue weighted by Gasteiger charge is 2.34. The Balaban J connectivity index is 1.63. The van der Waals surface area contributed by atoms with Crippen LogP contribution in [0.15, 0.2) is 0 Å². The molecule has 8 nitrogen and oxygen atoms in total. The van der Waals surface area contributed by atoms with Gasteiger partial charge in [0.25, 0.3) is 0 Å². The summed E-state index contributed by atoms with van der Waals surface area (Å²) in [7, 11) is 0. The van der Waals surface area contributed by atoms with E-state index < -0.39 is 6.04 Å². The summed E-state index contributed by atoms with van der Waals surface area (Å²) < 4.78 is 1.93. The van der Waals surface area contributed by atoms with Crippen molar-refractivity contribution in [2.24, 2.45) is 5.73 Å². The first-order chi connectivity index (χ1) is 12.0. The standard InChI is InChI=1S/C17H28N6O2/c1-12-19-13(2)23(20-12)10-14-6-5-8-21(14)11-16(24)22-9-4-3-7-15(22)17(18)25/h14-15H,3-11H2,1-2H3,(H2,18,25)/t14-,15-/m1/s1. The van der Waals surface area contributed by atoms with E-state index in [1.165, 1.54) is 0 Å². The highest BCUT2D eigenvalue weighted by molar-refractivity contribution is 5.87. The summed E-state index contributed by atoms with van der Waals surface area (Å²) in [6, 6.07) is -0.164. The summed E-state index contributed by atoms with van der Waals surface area (Å²) in [6.07, 6.45) is 4.70. The number of carbonyl (C=O) groups excluding carboxylic acids is 2. The lowest BCUT2D eigenvalue weighted by Crippen LogP contribution is -2.53. The lowest BCUT2D eigenvalue weighted by Gasteiger charge is -2.35. The van der Waals surface area contributed by atoms with Crippen molar-refractivity contribution in [1.82, 2.24) is 24.6 Å². The quantitative estimate of drug-likeness (QED) is 0.821. The summed E-state index contributed by atoms with van der Waals surface area (Å²) in [4.78, 5) is 32.7. The smallest absolute Gasteiger partial charge is 0.240 e. The second kappa shape index (κ2) is 7.51. The Morgan fingerprint density at radius 1 is 1.16 bits per heavy atom. The van der Waals surface area contributed by atoms with Gasteiger partial charge in [0.1, 0.15) is 17.7 Å². The second-order valence-corrected chi connectivity index (χ2v) is 7.16. The Morgan fingerprint density at radius 2 is 1.96 bits per heavy atom. The maximum atomic E-state index is 12.8. The number of aromatic nitrogens is 3. The third-order valence-electron chi connectivity index (χ3n) is 5.34. The molecule has 8 heteroatoms. The number of piperidine rings is 1. The molecule has 2 atom stereocenters. The van der Waals surface area contributed by atoms with E-state index in [4.69, 9.17) is 5.73 Å². The monoisotopic (exact) mass is 348 g/mol. The number of nitrogens with two attached hydrogens (primary N) is 1. The fourth-order valence-corrected chi connectivity index (χ4v) is 4.03. The molecule has 25 heavy (non-hydrogen) atoms. The molecule has 138 valence electrons. The van der Waals surface area contributed by atoms with Gasteiger partial charge in [-0.2, -0.15) is 5.10 Å². The molecule has 0 saturated carbocycles. The Morgan fingerprint density at radius 3 is 2.64 bits per heavy atom. The van der Waals surface area contributed by atoms with Gasteiger partial charge in [0.15, 0.2) is 0 Å². The topological polar surface area (TPSA) is 97.4 Å². The van der Waals surface area contributed by atoms with Crippen LogP contribution >= 0.6 is 0 Å². The second-order valence-electron chi connectivity index (χ2n) is 7.16. The van der Waals surface area contributed by atoms with Crippen LogP contribution in [0, 0.1) is 13.8 Å². The number of hydrogen-bond acceptors (Lipinski definition) is 5. The number of carbonyl (C=O) groups is 2. The van der Waals surface area contributed by atoms with Crippen molar-refractivity contribution >= 4 is 11.8 Å². The molecule has 3 rings (SSSR count). The van der Waals surface area contributed by atoms with Gasteiger partial charge in [-0.3, -0.25) is 14.5 Å². The molecule has 0 aliphatic carbocycles. The molecular formula is C17H28N6O2. The molecule has 2 aliphatic rings. The predicted octanol–water partition coefficient (Wildman–Crippen LogP) is 0.226. The molecule has 0 aromatic carbocycles. The minimum atomic E-state index is -0.442. The van der Waals surface area contributed by atoms with Gasteiger partial charge < -0.3 is 10.6 Å². The lowest BCUT2D eigenvalue weighted by atomic mass is 10.0. The van der Waals surface area contributed by atoms with E-state index in [1.807, 2.05) is 18.5 Å². The molecule has 0 bridgehead atoms. The number of likely N-dealkylation sites (tertiary alicyclic amines) is 2. The largest absolute Gasteiger partial charge is 0.368 e. The maximum absolute atomic E-state index is 12.8. The van der Waals surface area contributed by atoms with Crippen molar-refractivity contribution in [1.29, 1.82) is 0 Å². The number of nitrogens with zero attached hydrogens (tertiary/aromatic N) is 5. The van der Waals surface area contributed by atoms with Crippen LogP contribution < -0.4 is 5.73 Å². The van der Waals surface area contributed by atoms with E-state index in [0.29, 0.717) is 19.5 Å². The van der Waals surface area contributed by atoms with Gasteiger partial charge in [-0.1, -0.05) is 0 Å². The van der Waals surface area contributed by atoms with Crippen LogP contribution in [0.1, 0.15) is 43.8 Å². The van der Waals surface area contributed by atoms with Crippen LogP contribution in [0.3, 0.4) is 0 Å². The van der Waals surface area contributed by atoms with E-state index in [2.05, 4.69) is 15.0 Å². The number of rotatable bonds is 5. The molecule has 2 fully saturated rings. The van der Waals surface area contributed by atoms with Gasteiger partial charge in [0.05, 0.1) is 13.1 Å². The zero-order valence-electron chi connectivity index (χ0n) is 15.1. The molecule has 0 spiro atoms. The van der Waals surface area contributed by atoms with Crippen molar-refractivity contribution in [3.05, 3.63) is 11.6 Å². The predicted molar refractivity (Wildman–Crippen MR) is 92.6 cm³/mol. The molecular weight excluding hydrogens is 320 g/mol. The molecule has 2 amide bonds. The fourth-order valence-electron chi connectivity index (χ4n) is 4.03. The third-order valence-corrected chi connectivity index (χ3v) is 5.34. The average molecular weight is 348 g/mol. The summed E-state index contributed by atoms with van der Waals surface area (Å²) >= 11 is 0. The molecule has 0 radical (unpaired) electrons. The van der Waals surface area contributed by atoms with E-state index in [-0.39, 0.29) is 17.9 Å². The third kappa shape index (κ3) is 4.00. The van der Waals surface area contributed by atoms with Gasteiger partial charge in [-0.25, -0.2) is 9.67 Å². The molecule has 2 aliphatic heterocycles. The summed E-state index contributed by atoms with van der Waals surface area (Å²) in [5.74, 6) is 1.30. The van der Waals surface area contributed by atoms with Crippen molar-refractivity contribution in [3.8, 4) is 0 Å². The van der Waals surface area contributed by atoms with Crippen LogP contribution in [0.5, 0.6) is 0 Å². The van der Waals surface area contributed by atoms with Crippen molar-refractivity contribution in [2.75, 3.05) is 19.6 Å². The number of hydrogen-bond donors (Lipinski definition) is 1. The first kappa shape index (κ1) is 17.8. The highest BCUT2D eigenvalue weighted by atomic mass is 16.2. The van der Waals surface area contributed by atoms with E-state index in [0.717, 1.165) is 50.4 Å². The minimum absolute atomic E-state index is 0.0156. The van der Waals surface area contributed by atoms with E-state index >= 15 is 0 Å². The summed E-state index contributed by atoms with van der Waals surface area (Å²) in [6.45, 7) is 6.47. The van der Waals surface area contributed by atoms with Crippen LogP contribution in [-0.2, 0) is 16.1 Å². The molecule has 0 unspecified atom stereocenters. The van der Waals surface area contributed by atoms with Gasteiger partial charge in [0.2, 0.25) is 11.8 Å². The van der Waals surface area contributed by atoms with Gasteiger partial charge in [-0.05, 0) is 52.5 Å². The average Bonchev–Trinajstić information content (AvgIpc) is 3.13. The molecule has 1 aromatic heterocycles. The van der Waals surface area contributed by atoms with Gasteiger partial charge in [-0.15, -0.1) is 0 Å². The lowest BCUT2D eigenvalue weighted by molar-refractivity contribution is -0.142. The van der Waals surface area contributed by atoms with Crippen molar-refractivity contribution < 1.29 is 9.59 Å². The fraction of sp³-hybridized carbons (Fsp3) is 0.765. The number of primary amides is 1. The van der Waals surface area contributed by atoms with Crippen LogP contribution in [0.4, 0.5) is 0 Å². The van der Waals surface area contributed by atoms with Gasteiger partial charge in [0, 0.05) is 12.6 Å². The number of amides is 2. The zero-order valence-corrected chi connectivity index (χ0v) is 15.1. The van der Waals surface area contributed by atoms with Crippen LogP contribution in [0.25, 0.3) is 0 Å². The Bertz CT molecular complexity index is 643. The van der Waals surface area contributed by atoms with Crippen molar-refractivity contribution in [3.63, 3.8) is 0 Å². The minimum Gasteiger partial charge on any atom is -0.368 e. The molecule has 2 saturated heterocycles. The Labute approximate surface area is 148 Å². The normalized spacial score (nSPS) is 24.6. The van der Waals surface area contributed by atoms with E-state index in [9.17, 15) is 9.59 Å². The first-order valence-electron chi connectivity index (χ1n) is 9.16.